The number of hydrogen-bond donors (Lipinski definition) is 1. The molecular formula is C14H17ClN2S. The Hall–Kier alpha value is -0.900. The molecule has 0 aliphatic rings. The number of benzene rings is 1. The van der Waals surface area contributed by atoms with E-state index in [1.807, 2.05) is 30.6 Å². The Bertz CT molecular complexity index is 524. The van der Waals surface area contributed by atoms with E-state index in [0.29, 0.717) is 0 Å². The maximum atomic E-state index is 6.21. The summed E-state index contributed by atoms with van der Waals surface area (Å²) >= 11 is 7.90. The lowest BCUT2D eigenvalue weighted by Gasteiger charge is -2.20. The maximum absolute atomic E-state index is 6.21. The predicted octanol–water partition coefficient (Wildman–Crippen LogP) is 4.52. The highest BCUT2D eigenvalue weighted by Crippen LogP contribution is 2.27. The van der Waals surface area contributed by atoms with Crippen LogP contribution in [0.3, 0.4) is 0 Å². The van der Waals surface area contributed by atoms with Crippen LogP contribution in [-0.2, 0) is 0 Å². The molecule has 2 atom stereocenters. The lowest BCUT2D eigenvalue weighted by Crippen LogP contribution is -2.22. The predicted molar refractivity (Wildman–Crippen MR) is 78.3 cm³/mol. The maximum Gasteiger partial charge on any atom is 0.0798 e. The number of thiazole rings is 1. The summed E-state index contributed by atoms with van der Waals surface area (Å²) in [6, 6.07) is 8.46. The Morgan fingerprint density at radius 3 is 2.56 bits per heavy atom. The van der Waals surface area contributed by atoms with Crippen LogP contribution in [0.1, 0.15) is 42.1 Å². The molecule has 2 rings (SSSR count). The van der Waals surface area contributed by atoms with Gasteiger partial charge >= 0.3 is 0 Å². The van der Waals surface area contributed by atoms with Gasteiger partial charge in [-0.3, -0.25) is 0 Å². The van der Waals surface area contributed by atoms with Crippen LogP contribution in [0.4, 0.5) is 0 Å². The number of rotatable bonds is 4. The third-order valence-electron chi connectivity index (χ3n) is 3.05. The highest BCUT2D eigenvalue weighted by Gasteiger charge is 2.15. The fraction of sp³-hybridized carbons (Fsp3) is 0.357. The van der Waals surface area contributed by atoms with Crippen molar-refractivity contribution in [3.05, 3.63) is 50.9 Å². The van der Waals surface area contributed by atoms with Crippen molar-refractivity contribution in [3.8, 4) is 0 Å². The van der Waals surface area contributed by atoms with E-state index in [-0.39, 0.29) is 12.1 Å². The van der Waals surface area contributed by atoms with Gasteiger partial charge in [0.25, 0.3) is 0 Å². The second kappa shape index (κ2) is 5.83. The van der Waals surface area contributed by atoms with Crippen LogP contribution in [0, 0.1) is 6.92 Å². The standard InChI is InChI=1S/C14H17ClN2S/c1-9(12-6-4-5-7-13(12)15)17-11(3)14-10(2)16-8-18-14/h4-9,11,17H,1-3H3/t9-,11?/m1/s1. The van der Waals surface area contributed by atoms with Crippen molar-refractivity contribution in [1.29, 1.82) is 0 Å². The van der Waals surface area contributed by atoms with Gasteiger partial charge in [-0.05, 0) is 32.4 Å². The molecule has 1 unspecified atom stereocenters. The molecule has 18 heavy (non-hydrogen) atoms. The Morgan fingerprint density at radius 2 is 1.94 bits per heavy atom. The van der Waals surface area contributed by atoms with Crippen LogP contribution in [-0.4, -0.2) is 4.98 Å². The summed E-state index contributed by atoms with van der Waals surface area (Å²) < 4.78 is 0. The van der Waals surface area contributed by atoms with E-state index in [4.69, 9.17) is 11.6 Å². The Labute approximate surface area is 117 Å². The molecular weight excluding hydrogens is 264 g/mol. The second-order valence-corrected chi connectivity index (χ2v) is 5.73. The van der Waals surface area contributed by atoms with Gasteiger partial charge in [0.1, 0.15) is 0 Å². The SMILES string of the molecule is Cc1ncsc1C(C)N[C@H](C)c1ccccc1Cl. The molecule has 0 saturated carbocycles. The number of hydrogen-bond acceptors (Lipinski definition) is 3. The highest BCUT2D eigenvalue weighted by molar-refractivity contribution is 7.09. The van der Waals surface area contributed by atoms with Crippen LogP contribution in [0.5, 0.6) is 0 Å². The zero-order valence-corrected chi connectivity index (χ0v) is 12.3. The quantitative estimate of drug-likeness (QED) is 0.891. The molecule has 0 fully saturated rings. The van der Waals surface area contributed by atoms with Crippen molar-refractivity contribution in [2.45, 2.75) is 32.9 Å². The van der Waals surface area contributed by atoms with E-state index in [2.05, 4.69) is 30.2 Å². The zero-order chi connectivity index (χ0) is 13.1. The van der Waals surface area contributed by atoms with Crippen LogP contribution < -0.4 is 5.32 Å². The minimum atomic E-state index is 0.218. The molecule has 1 N–H and O–H groups in total. The molecule has 2 aromatic rings. The minimum Gasteiger partial charge on any atom is -0.303 e. The van der Waals surface area contributed by atoms with Crippen LogP contribution in [0.2, 0.25) is 5.02 Å². The van der Waals surface area contributed by atoms with Crippen LogP contribution in [0.25, 0.3) is 0 Å². The zero-order valence-electron chi connectivity index (χ0n) is 10.8. The number of halogens is 1. The van der Waals surface area contributed by atoms with Crippen molar-refractivity contribution in [2.75, 3.05) is 0 Å². The van der Waals surface area contributed by atoms with E-state index in [9.17, 15) is 0 Å². The number of aromatic nitrogens is 1. The van der Waals surface area contributed by atoms with Crippen molar-refractivity contribution in [2.24, 2.45) is 0 Å². The Morgan fingerprint density at radius 1 is 1.22 bits per heavy atom. The van der Waals surface area contributed by atoms with E-state index in [0.717, 1.165) is 16.3 Å². The number of aryl methyl sites for hydroxylation is 1. The van der Waals surface area contributed by atoms with Crippen LogP contribution in [0.15, 0.2) is 29.8 Å². The molecule has 1 heterocycles. The summed E-state index contributed by atoms with van der Waals surface area (Å²) in [5.41, 5.74) is 4.13. The third-order valence-corrected chi connectivity index (χ3v) is 4.51. The smallest absolute Gasteiger partial charge is 0.0798 e. The van der Waals surface area contributed by atoms with Gasteiger partial charge < -0.3 is 5.32 Å². The summed E-state index contributed by atoms with van der Waals surface area (Å²) in [7, 11) is 0. The second-order valence-electron chi connectivity index (χ2n) is 4.43. The first-order valence-electron chi connectivity index (χ1n) is 6.00. The van der Waals surface area contributed by atoms with Crippen molar-refractivity contribution in [3.63, 3.8) is 0 Å². The average Bonchev–Trinajstić information content (AvgIpc) is 2.76. The largest absolute Gasteiger partial charge is 0.303 e. The van der Waals surface area contributed by atoms with Gasteiger partial charge in [0, 0.05) is 22.0 Å². The van der Waals surface area contributed by atoms with Gasteiger partial charge in [0.05, 0.1) is 11.2 Å². The molecule has 0 saturated heterocycles. The lowest BCUT2D eigenvalue weighted by molar-refractivity contribution is 0.498. The molecule has 0 spiro atoms. The monoisotopic (exact) mass is 280 g/mol. The molecule has 4 heteroatoms. The fourth-order valence-corrected chi connectivity index (χ4v) is 3.21. The summed E-state index contributed by atoms with van der Waals surface area (Å²) in [6.45, 7) is 6.34. The van der Waals surface area contributed by atoms with E-state index < -0.39 is 0 Å². The summed E-state index contributed by atoms with van der Waals surface area (Å²) in [5, 5.41) is 4.38. The summed E-state index contributed by atoms with van der Waals surface area (Å²) in [5.74, 6) is 0. The lowest BCUT2D eigenvalue weighted by atomic mass is 10.1. The third kappa shape index (κ3) is 2.91. The Balaban J connectivity index is 2.11. The van der Waals surface area contributed by atoms with E-state index in [1.165, 1.54) is 4.88 Å². The van der Waals surface area contributed by atoms with Gasteiger partial charge in [0.2, 0.25) is 0 Å². The van der Waals surface area contributed by atoms with Crippen molar-refractivity contribution in [1.82, 2.24) is 10.3 Å². The molecule has 1 aromatic heterocycles. The normalized spacial score (nSPS) is 14.4. The molecule has 0 amide bonds. The molecule has 0 radical (unpaired) electrons. The summed E-state index contributed by atoms with van der Waals surface area (Å²) in [4.78, 5) is 5.57. The molecule has 96 valence electrons. The van der Waals surface area contributed by atoms with Gasteiger partial charge in [-0.15, -0.1) is 11.3 Å². The molecule has 0 aliphatic heterocycles. The summed E-state index contributed by atoms with van der Waals surface area (Å²) in [6.07, 6.45) is 0. The van der Waals surface area contributed by atoms with Crippen LogP contribution >= 0.6 is 22.9 Å². The highest BCUT2D eigenvalue weighted by atomic mass is 35.5. The van der Waals surface area contributed by atoms with Gasteiger partial charge in [-0.1, -0.05) is 29.8 Å². The van der Waals surface area contributed by atoms with Crippen molar-refractivity contribution < 1.29 is 0 Å². The molecule has 2 nitrogen and oxygen atoms in total. The topological polar surface area (TPSA) is 24.9 Å². The van der Waals surface area contributed by atoms with Crippen molar-refractivity contribution >= 4 is 22.9 Å². The first kappa shape index (κ1) is 13.5. The first-order chi connectivity index (χ1) is 8.59. The first-order valence-corrected chi connectivity index (χ1v) is 7.25. The van der Waals surface area contributed by atoms with Gasteiger partial charge in [-0.2, -0.15) is 0 Å². The molecule has 0 aliphatic carbocycles. The Kier molecular flexibility index (Phi) is 4.38. The minimum absolute atomic E-state index is 0.218. The molecule has 1 aromatic carbocycles. The van der Waals surface area contributed by atoms with E-state index >= 15 is 0 Å². The van der Waals surface area contributed by atoms with E-state index in [1.54, 1.807) is 11.3 Å². The van der Waals surface area contributed by atoms with Gasteiger partial charge in [-0.25, -0.2) is 4.98 Å². The number of nitrogens with zero attached hydrogens (tertiary/aromatic N) is 1. The van der Waals surface area contributed by atoms with Gasteiger partial charge in [0.15, 0.2) is 0 Å². The molecule has 0 bridgehead atoms. The average molecular weight is 281 g/mol. The number of nitrogens with one attached hydrogen (secondary N) is 1. The fourth-order valence-electron chi connectivity index (χ4n) is 2.09.